The minimum atomic E-state index is 0.574. The number of nitrogens with two attached hydrogens (primary N) is 1. The van der Waals surface area contributed by atoms with Crippen molar-refractivity contribution in [3.63, 3.8) is 0 Å². The van der Waals surface area contributed by atoms with Gasteiger partial charge in [-0.15, -0.1) is 0 Å². The molecule has 0 heterocycles. The summed E-state index contributed by atoms with van der Waals surface area (Å²) in [7, 11) is 0. The molecule has 0 aliphatic carbocycles. The van der Waals surface area contributed by atoms with Gasteiger partial charge in [0.05, 0.1) is 13.2 Å². The van der Waals surface area contributed by atoms with Crippen LogP contribution in [0.1, 0.15) is 13.8 Å². The molecule has 0 unspecified atom stereocenters. The maximum Gasteiger partial charge on any atom is 0.0684 e. The molecule has 4 heteroatoms. The van der Waals surface area contributed by atoms with Gasteiger partial charge in [-0.3, -0.25) is 4.84 Å². The Morgan fingerprint density at radius 3 is 2.25 bits per heavy atom. The van der Waals surface area contributed by atoms with E-state index in [1.54, 1.807) is 0 Å². The summed E-state index contributed by atoms with van der Waals surface area (Å²) >= 11 is 0. The van der Waals surface area contributed by atoms with Gasteiger partial charge < -0.3 is 0 Å². The first-order valence-electron chi connectivity index (χ1n) is 2.62. The average molecular weight is 120 g/mol. The van der Waals surface area contributed by atoms with Crippen molar-refractivity contribution in [1.82, 2.24) is 5.23 Å². The summed E-state index contributed by atoms with van der Waals surface area (Å²) < 4.78 is 0. The molecule has 0 aromatic carbocycles. The Morgan fingerprint density at radius 1 is 1.50 bits per heavy atom. The van der Waals surface area contributed by atoms with Crippen LogP contribution >= 0.6 is 0 Å². The van der Waals surface area contributed by atoms with E-state index in [-0.39, 0.29) is 0 Å². The zero-order valence-electron chi connectivity index (χ0n) is 5.26. The fourth-order valence-corrected chi connectivity index (χ4v) is 0.340. The van der Waals surface area contributed by atoms with E-state index < -0.39 is 0 Å². The number of rotatable bonds is 4. The van der Waals surface area contributed by atoms with Crippen LogP contribution in [0.5, 0.6) is 0 Å². The van der Waals surface area contributed by atoms with Gasteiger partial charge in [-0.2, -0.15) is 10.8 Å². The van der Waals surface area contributed by atoms with E-state index in [0.29, 0.717) is 13.2 Å². The highest BCUT2D eigenvalue weighted by Gasteiger charge is 1.95. The van der Waals surface area contributed by atoms with Gasteiger partial charge in [0.1, 0.15) is 0 Å². The van der Waals surface area contributed by atoms with Crippen LogP contribution in [0.2, 0.25) is 0 Å². The highest BCUT2D eigenvalue weighted by molar-refractivity contribution is 4.13. The lowest BCUT2D eigenvalue weighted by Crippen LogP contribution is -2.27. The van der Waals surface area contributed by atoms with Crippen molar-refractivity contribution >= 4 is 0 Å². The molecule has 0 bridgehead atoms. The zero-order valence-corrected chi connectivity index (χ0v) is 5.26. The maximum atomic E-state index is 4.83. The standard InChI is InChI=1S/C4H12N2O2/c1-3-6(8-5)7-4-2/h3-5H2,1-2H3. The van der Waals surface area contributed by atoms with Crippen LogP contribution in [-0.2, 0) is 9.78 Å². The van der Waals surface area contributed by atoms with E-state index in [4.69, 9.17) is 10.7 Å². The lowest BCUT2D eigenvalue weighted by atomic mass is 10.8. The molecule has 0 aliphatic heterocycles. The molecule has 4 nitrogen and oxygen atoms in total. The second-order valence-corrected chi connectivity index (χ2v) is 1.17. The predicted octanol–water partition coefficient (Wildman–Crippen LogP) is 0.0651. The molecule has 0 amide bonds. The molecule has 0 fully saturated rings. The molecule has 0 aliphatic rings. The molecule has 0 rings (SSSR count). The van der Waals surface area contributed by atoms with Gasteiger partial charge in [0, 0.05) is 0 Å². The summed E-state index contributed by atoms with van der Waals surface area (Å²) in [5, 5.41) is 1.21. The summed E-state index contributed by atoms with van der Waals surface area (Å²) in [4.78, 5) is 9.08. The van der Waals surface area contributed by atoms with Crippen LogP contribution < -0.4 is 5.90 Å². The highest BCUT2D eigenvalue weighted by Crippen LogP contribution is 1.84. The quantitative estimate of drug-likeness (QED) is 0.533. The summed E-state index contributed by atoms with van der Waals surface area (Å²) in [5.74, 6) is 4.77. The van der Waals surface area contributed by atoms with Crippen LogP contribution in [0.25, 0.3) is 0 Å². The summed E-state index contributed by atoms with van der Waals surface area (Å²) in [6, 6.07) is 0. The second kappa shape index (κ2) is 4.99. The summed E-state index contributed by atoms with van der Waals surface area (Å²) in [6.07, 6.45) is 0. The Morgan fingerprint density at radius 2 is 2.12 bits per heavy atom. The van der Waals surface area contributed by atoms with Gasteiger partial charge in [-0.05, 0) is 19.1 Å². The third-order valence-corrected chi connectivity index (χ3v) is 0.649. The normalized spacial score (nSPS) is 10.5. The van der Waals surface area contributed by atoms with Crippen molar-refractivity contribution in [2.24, 2.45) is 5.90 Å². The van der Waals surface area contributed by atoms with Crippen LogP contribution in [0.15, 0.2) is 0 Å². The fourth-order valence-electron chi connectivity index (χ4n) is 0.340. The molecule has 0 spiro atoms. The zero-order chi connectivity index (χ0) is 6.41. The highest BCUT2D eigenvalue weighted by atomic mass is 17.0. The molecular weight excluding hydrogens is 108 g/mol. The third kappa shape index (κ3) is 2.92. The molecule has 2 N–H and O–H groups in total. The van der Waals surface area contributed by atoms with E-state index in [0.717, 1.165) is 0 Å². The van der Waals surface area contributed by atoms with Crippen molar-refractivity contribution in [2.75, 3.05) is 13.2 Å². The summed E-state index contributed by atoms with van der Waals surface area (Å²) in [6.45, 7) is 4.94. The Hall–Kier alpha value is -0.160. The Kier molecular flexibility index (Phi) is 4.89. The fraction of sp³-hybridized carbons (Fsp3) is 1.00. The molecule has 0 saturated carbocycles. The lowest BCUT2D eigenvalue weighted by molar-refractivity contribution is -0.367. The van der Waals surface area contributed by atoms with Crippen LogP contribution in [0.4, 0.5) is 0 Å². The first-order valence-corrected chi connectivity index (χ1v) is 2.62. The minimum absolute atomic E-state index is 0.574. The maximum absolute atomic E-state index is 4.83. The van der Waals surface area contributed by atoms with Gasteiger partial charge in [-0.25, -0.2) is 0 Å². The van der Waals surface area contributed by atoms with E-state index in [9.17, 15) is 0 Å². The number of hydrogen-bond donors (Lipinski definition) is 1. The third-order valence-electron chi connectivity index (χ3n) is 0.649. The SMILES string of the molecule is CCON(CC)ON. The van der Waals surface area contributed by atoms with Crippen molar-refractivity contribution in [2.45, 2.75) is 13.8 Å². The number of hydroxylamine groups is 2. The largest absolute Gasteiger partial charge is 0.273 e. The van der Waals surface area contributed by atoms with Crippen molar-refractivity contribution < 1.29 is 9.78 Å². The van der Waals surface area contributed by atoms with Crippen LogP contribution in [-0.4, -0.2) is 18.4 Å². The van der Waals surface area contributed by atoms with Crippen molar-refractivity contribution in [3.8, 4) is 0 Å². The number of hydrogen-bond acceptors (Lipinski definition) is 4. The topological polar surface area (TPSA) is 47.7 Å². The average Bonchev–Trinajstić information content (AvgIpc) is 1.83. The van der Waals surface area contributed by atoms with Gasteiger partial charge in [0.2, 0.25) is 0 Å². The Labute approximate surface area is 49.0 Å². The molecule has 0 saturated heterocycles. The van der Waals surface area contributed by atoms with Gasteiger partial charge in [-0.1, -0.05) is 0 Å². The Bertz CT molecular complexity index is 47.3. The van der Waals surface area contributed by atoms with E-state index in [1.807, 2.05) is 13.8 Å². The molecule has 0 aromatic heterocycles. The van der Waals surface area contributed by atoms with Crippen molar-refractivity contribution in [1.29, 1.82) is 0 Å². The van der Waals surface area contributed by atoms with Crippen LogP contribution in [0, 0.1) is 0 Å². The monoisotopic (exact) mass is 120 g/mol. The molecule has 0 aromatic rings. The first-order chi connectivity index (χ1) is 3.85. The van der Waals surface area contributed by atoms with Crippen LogP contribution in [0.3, 0.4) is 0 Å². The van der Waals surface area contributed by atoms with Gasteiger partial charge in [0.25, 0.3) is 0 Å². The Balaban J connectivity index is 3.07. The van der Waals surface area contributed by atoms with Crippen molar-refractivity contribution in [3.05, 3.63) is 0 Å². The molecule has 8 heavy (non-hydrogen) atoms. The molecule has 0 radical (unpaired) electrons. The predicted molar refractivity (Wildman–Crippen MR) is 29.3 cm³/mol. The molecule has 0 atom stereocenters. The van der Waals surface area contributed by atoms with Gasteiger partial charge in [0.15, 0.2) is 0 Å². The molecular formula is C4H12N2O2. The van der Waals surface area contributed by atoms with E-state index in [2.05, 4.69) is 4.94 Å². The minimum Gasteiger partial charge on any atom is -0.273 e. The first kappa shape index (κ1) is 7.84. The second-order valence-electron chi connectivity index (χ2n) is 1.17. The van der Waals surface area contributed by atoms with E-state index in [1.165, 1.54) is 5.23 Å². The number of nitrogens with zero attached hydrogens (tertiary/aromatic N) is 1. The lowest BCUT2D eigenvalue weighted by Gasteiger charge is -2.13. The smallest absolute Gasteiger partial charge is 0.0684 e. The molecule has 50 valence electrons. The summed E-state index contributed by atoms with van der Waals surface area (Å²) in [5.41, 5.74) is 0. The van der Waals surface area contributed by atoms with E-state index >= 15 is 0 Å². The van der Waals surface area contributed by atoms with Gasteiger partial charge >= 0.3 is 0 Å².